The highest BCUT2D eigenvalue weighted by atomic mass is 19.4. The second-order valence-corrected chi connectivity index (χ2v) is 6.41. The summed E-state index contributed by atoms with van der Waals surface area (Å²) in [7, 11) is 1.37. The van der Waals surface area contributed by atoms with Gasteiger partial charge < -0.3 is 15.4 Å². The Morgan fingerprint density at radius 2 is 1.48 bits per heavy atom. The van der Waals surface area contributed by atoms with Crippen molar-refractivity contribution in [2.45, 2.75) is 6.18 Å². The molecule has 9 heteroatoms. The van der Waals surface area contributed by atoms with Crippen molar-refractivity contribution in [3.8, 4) is 5.75 Å². The normalized spacial score (nSPS) is 11.0. The summed E-state index contributed by atoms with van der Waals surface area (Å²) >= 11 is 0. The van der Waals surface area contributed by atoms with E-state index >= 15 is 0 Å². The predicted octanol–water partition coefficient (Wildman–Crippen LogP) is 5.36. The largest absolute Gasteiger partial charge is 0.495 e. The van der Waals surface area contributed by atoms with Gasteiger partial charge in [0.1, 0.15) is 11.6 Å². The molecule has 0 spiro atoms. The molecule has 3 rings (SSSR count). The summed E-state index contributed by atoms with van der Waals surface area (Å²) in [6.45, 7) is 0. The van der Waals surface area contributed by atoms with Crippen LogP contribution in [0.4, 0.5) is 28.9 Å². The number of carbonyl (C=O) groups is 2. The first kappa shape index (κ1) is 21.8. The predicted molar refractivity (Wildman–Crippen MR) is 107 cm³/mol. The fourth-order valence-corrected chi connectivity index (χ4v) is 2.75. The number of benzene rings is 3. The van der Waals surface area contributed by atoms with Crippen LogP contribution in [-0.2, 0) is 6.18 Å². The zero-order chi connectivity index (χ0) is 22.6. The third-order valence-electron chi connectivity index (χ3n) is 4.24. The maximum atomic E-state index is 13.4. The van der Waals surface area contributed by atoms with Crippen LogP contribution in [0.25, 0.3) is 0 Å². The van der Waals surface area contributed by atoms with Crippen LogP contribution in [0.15, 0.2) is 66.7 Å². The summed E-state index contributed by atoms with van der Waals surface area (Å²) in [6, 6.07) is 13.3. The van der Waals surface area contributed by atoms with Crippen molar-refractivity contribution in [3.63, 3.8) is 0 Å². The Labute approximate surface area is 174 Å². The van der Waals surface area contributed by atoms with Crippen molar-refractivity contribution in [3.05, 3.63) is 89.2 Å². The fraction of sp³-hybridized carbons (Fsp3) is 0.0909. The molecule has 2 amide bonds. The molecule has 0 unspecified atom stereocenters. The van der Waals surface area contributed by atoms with Crippen LogP contribution in [0, 0.1) is 5.82 Å². The van der Waals surface area contributed by atoms with Gasteiger partial charge in [0.25, 0.3) is 11.8 Å². The smallest absolute Gasteiger partial charge is 0.416 e. The first-order chi connectivity index (χ1) is 14.7. The van der Waals surface area contributed by atoms with Gasteiger partial charge in [0.05, 0.1) is 18.4 Å². The van der Waals surface area contributed by atoms with E-state index in [1.165, 1.54) is 49.6 Å². The van der Waals surface area contributed by atoms with Crippen molar-refractivity contribution in [2.24, 2.45) is 0 Å². The minimum Gasteiger partial charge on any atom is -0.495 e. The summed E-state index contributed by atoms with van der Waals surface area (Å²) in [6.07, 6.45) is -4.58. The molecule has 2 N–H and O–H groups in total. The molecule has 0 aromatic heterocycles. The minimum absolute atomic E-state index is 0.0699. The van der Waals surface area contributed by atoms with E-state index in [4.69, 9.17) is 4.74 Å². The highest BCUT2D eigenvalue weighted by Gasteiger charge is 2.30. The Morgan fingerprint density at radius 3 is 2.13 bits per heavy atom. The van der Waals surface area contributed by atoms with Crippen LogP contribution in [0.3, 0.4) is 0 Å². The molecule has 0 bridgehead atoms. The topological polar surface area (TPSA) is 67.4 Å². The summed E-state index contributed by atoms with van der Waals surface area (Å²) in [4.78, 5) is 24.8. The summed E-state index contributed by atoms with van der Waals surface area (Å²) < 4.78 is 57.2. The lowest BCUT2D eigenvalue weighted by molar-refractivity contribution is -0.137. The molecule has 0 atom stereocenters. The SMILES string of the molecule is COc1ccc(NC(=O)c2cccc(C(F)(F)F)c2)cc1NC(=O)c1cccc(F)c1. The van der Waals surface area contributed by atoms with Crippen LogP contribution in [0.5, 0.6) is 5.75 Å². The zero-order valence-electron chi connectivity index (χ0n) is 16.1. The number of nitrogens with one attached hydrogen (secondary N) is 2. The third kappa shape index (κ3) is 5.39. The molecule has 160 valence electrons. The number of alkyl halides is 3. The van der Waals surface area contributed by atoms with Gasteiger partial charge in [-0.1, -0.05) is 12.1 Å². The maximum Gasteiger partial charge on any atom is 0.416 e. The number of halogens is 4. The van der Waals surface area contributed by atoms with Crippen LogP contribution in [0.1, 0.15) is 26.3 Å². The second-order valence-electron chi connectivity index (χ2n) is 6.41. The molecule has 0 fully saturated rings. The van der Waals surface area contributed by atoms with E-state index in [-0.39, 0.29) is 28.3 Å². The fourth-order valence-electron chi connectivity index (χ4n) is 2.75. The molecule has 0 heterocycles. The highest BCUT2D eigenvalue weighted by Crippen LogP contribution is 2.31. The molecule has 0 saturated carbocycles. The van der Waals surface area contributed by atoms with E-state index in [2.05, 4.69) is 10.6 Å². The zero-order valence-corrected chi connectivity index (χ0v) is 16.1. The number of ether oxygens (including phenoxy) is 1. The number of methoxy groups -OCH3 is 1. The van der Waals surface area contributed by atoms with Gasteiger partial charge in [0, 0.05) is 16.8 Å². The molecular weight excluding hydrogens is 416 g/mol. The second kappa shape index (κ2) is 8.86. The molecule has 5 nitrogen and oxygen atoms in total. The monoisotopic (exact) mass is 432 g/mol. The van der Waals surface area contributed by atoms with Crippen molar-refractivity contribution >= 4 is 23.2 Å². The minimum atomic E-state index is -4.58. The Balaban J connectivity index is 1.82. The number of rotatable bonds is 5. The number of carbonyl (C=O) groups excluding carboxylic acids is 2. The number of amides is 2. The van der Waals surface area contributed by atoms with Crippen molar-refractivity contribution in [1.82, 2.24) is 0 Å². The van der Waals surface area contributed by atoms with Crippen LogP contribution >= 0.6 is 0 Å². The lowest BCUT2D eigenvalue weighted by Gasteiger charge is -2.13. The Kier molecular flexibility index (Phi) is 6.24. The van der Waals surface area contributed by atoms with Gasteiger partial charge in [-0.3, -0.25) is 9.59 Å². The van der Waals surface area contributed by atoms with Gasteiger partial charge in [-0.25, -0.2) is 4.39 Å². The van der Waals surface area contributed by atoms with Gasteiger partial charge in [0.15, 0.2) is 0 Å². The standard InChI is InChI=1S/C22H16F4N2O3/c1-31-19-9-8-17(12-18(19)28-21(30)14-5-3-7-16(23)11-14)27-20(29)13-4-2-6-15(10-13)22(24,25)26/h2-12H,1H3,(H,27,29)(H,28,30). The highest BCUT2D eigenvalue weighted by molar-refractivity contribution is 6.07. The number of hydrogen-bond acceptors (Lipinski definition) is 3. The lowest BCUT2D eigenvalue weighted by Crippen LogP contribution is -2.15. The van der Waals surface area contributed by atoms with E-state index in [9.17, 15) is 27.2 Å². The molecule has 3 aromatic carbocycles. The molecule has 3 aromatic rings. The van der Waals surface area contributed by atoms with Crippen LogP contribution in [0.2, 0.25) is 0 Å². The first-order valence-electron chi connectivity index (χ1n) is 8.91. The number of anilines is 2. The Bertz CT molecular complexity index is 1130. The third-order valence-corrected chi connectivity index (χ3v) is 4.24. The Morgan fingerprint density at radius 1 is 0.839 bits per heavy atom. The molecule has 0 aliphatic carbocycles. The summed E-state index contributed by atoms with van der Waals surface area (Å²) in [5.41, 5.74) is -0.675. The van der Waals surface area contributed by atoms with Crippen molar-refractivity contribution < 1.29 is 31.9 Å². The van der Waals surface area contributed by atoms with Crippen LogP contribution in [-0.4, -0.2) is 18.9 Å². The van der Waals surface area contributed by atoms with E-state index in [1.54, 1.807) is 0 Å². The van der Waals surface area contributed by atoms with Crippen LogP contribution < -0.4 is 15.4 Å². The van der Waals surface area contributed by atoms with Crippen molar-refractivity contribution in [2.75, 3.05) is 17.7 Å². The maximum absolute atomic E-state index is 13.4. The van der Waals surface area contributed by atoms with Gasteiger partial charge in [-0.15, -0.1) is 0 Å². The van der Waals surface area contributed by atoms with E-state index in [0.717, 1.165) is 24.3 Å². The number of hydrogen-bond donors (Lipinski definition) is 2. The Hall–Kier alpha value is -3.88. The molecule has 31 heavy (non-hydrogen) atoms. The summed E-state index contributed by atoms with van der Waals surface area (Å²) in [5.74, 6) is -1.69. The average molecular weight is 432 g/mol. The van der Waals surface area contributed by atoms with E-state index < -0.39 is 29.4 Å². The molecule has 0 radical (unpaired) electrons. The quantitative estimate of drug-likeness (QED) is 0.534. The van der Waals surface area contributed by atoms with E-state index in [0.29, 0.717) is 0 Å². The molecular formula is C22H16F4N2O3. The average Bonchev–Trinajstić information content (AvgIpc) is 2.73. The molecule has 0 aliphatic heterocycles. The summed E-state index contributed by atoms with van der Waals surface area (Å²) in [5, 5.41) is 5.03. The van der Waals surface area contributed by atoms with Gasteiger partial charge in [0.2, 0.25) is 0 Å². The first-order valence-corrected chi connectivity index (χ1v) is 8.91. The van der Waals surface area contributed by atoms with Gasteiger partial charge in [-0.05, 0) is 54.6 Å². The van der Waals surface area contributed by atoms with Gasteiger partial charge >= 0.3 is 6.18 Å². The van der Waals surface area contributed by atoms with Crippen molar-refractivity contribution in [1.29, 1.82) is 0 Å². The van der Waals surface area contributed by atoms with Gasteiger partial charge in [-0.2, -0.15) is 13.2 Å². The molecule has 0 saturated heterocycles. The van der Waals surface area contributed by atoms with E-state index in [1.807, 2.05) is 0 Å². The molecule has 0 aliphatic rings. The lowest BCUT2D eigenvalue weighted by atomic mass is 10.1.